The SMILES string of the molecule is N[C@H](CCC(=O)O)C(=O)O.O.O.[Ba+2].[H-].[H-]. The second kappa shape index (κ2) is 12.4. The average molecular weight is 323 g/mol. The number of hydrogen-bond acceptors (Lipinski definition) is 3. The molecule has 0 aromatic carbocycles. The Morgan fingerprint density at radius 3 is 1.92 bits per heavy atom. The topological polar surface area (TPSA) is 164 Å². The summed E-state index contributed by atoms with van der Waals surface area (Å²) < 4.78 is 0. The number of carboxylic acids is 2. The Morgan fingerprint density at radius 2 is 1.69 bits per heavy atom. The summed E-state index contributed by atoms with van der Waals surface area (Å²) >= 11 is 0. The van der Waals surface area contributed by atoms with E-state index in [-0.39, 0.29) is 75.5 Å². The molecule has 8 heteroatoms. The quantitative estimate of drug-likeness (QED) is 0.484. The third-order valence-corrected chi connectivity index (χ3v) is 0.986. The summed E-state index contributed by atoms with van der Waals surface area (Å²) in [4.78, 5) is 19.9. The van der Waals surface area contributed by atoms with Gasteiger partial charge < -0.3 is 29.8 Å². The minimum absolute atomic E-state index is 0. The Kier molecular flexibility index (Phi) is 22.2. The Labute approximate surface area is 118 Å². The average Bonchev–Trinajstić information content (AvgIpc) is 1.82. The molecule has 8 N–H and O–H groups in total. The third kappa shape index (κ3) is 15.2. The van der Waals surface area contributed by atoms with Crippen LogP contribution in [0.3, 0.4) is 0 Å². The molecule has 0 heterocycles. The largest absolute Gasteiger partial charge is 2.00 e. The minimum atomic E-state index is -1.17. The van der Waals surface area contributed by atoms with Crippen molar-refractivity contribution in [1.82, 2.24) is 0 Å². The molecular weight excluding hydrogens is 307 g/mol. The van der Waals surface area contributed by atoms with Crippen molar-refractivity contribution in [2.45, 2.75) is 18.9 Å². The molecule has 0 amide bonds. The molecule has 0 saturated carbocycles. The van der Waals surface area contributed by atoms with Gasteiger partial charge in [-0.1, -0.05) is 0 Å². The first-order valence-electron chi connectivity index (χ1n) is 2.74. The molecule has 7 nitrogen and oxygen atoms in total. The summed E-state index contributed by atoms with van der Waals surface area (Å²) in [6.07, 6.45) is -0.224. The maximum Gasteiger partial charge on any atom is 2.00 e. The van der Waals surface area contributed by atoms with Crippen LogP contribution in [0.15, 0.2) is 0 Å². The van der Waals surface area contributed by atoms with Crippen molar-refractivity contribution in [2.24, 2.45) is 5.73 Å². The van der Waals surface area contributed by atoms with Crippen molar-refractivity contribution in [3.8, 4) is 0 Å². The number of nitrogens with two attached hydrogens (primary N) is 1. The van der Waals surface area contributed by atoms with Gasteiger partial charge in [-0.15, -0.1) is 0 Å². The Balaban J connectivity index is -0.0000000405. The van der Waals surface area contributed by atoms with E-state index in [0.29, 0.717) is 0 Å². The molecule has 0 aliphatic rings. The molecule has 0 rings (SSSR count). The summed E-state index contributed by atoms with van der Waals surface area (Å²) in [6, 6.07) is -1.06. The van der Waals surface area contributed by atoms with Crippen molar-refractivity contribution in [3.63, 3.8) is 0 Å². The standard InChI is InChI=1S/C5H9NO4.Ba.2H2O.2H/c6-3(5(9)10)1-2-4(7)8;;;;;/h3H,1-2,6H2,(H,7,8)(H,9,10);;2*1H2;;/q;+2;;;2*-1/t3-;;;;;/m1...../s1. The van der Waals surface area contributed by atoms with Crippen molar-refractivity contribution < 1.29 is 33.6 Å². The smallest absolute Gasteiger partial charge is 1.00 e. The Bertz CT molecular complexity index is 160. The van der Waals surface area contributed by atoms with Crippen molar-refractivity contribution in [3.05, 3.63) is 0 Å². The van der Waals surface area contributed by atoms with Gasteiger partial charge in [0.15, 0.2) is 0 Å². The van der Waals surface area contributed by atoms with Crippen LogP contribution >= 0.6 is 0 Å². The van der Waals surface area contributed by atoms with Crippen molar-refractivity contribution in [2.75, 3.05) is 0 Å². The molecule has 0 bridgehead atoms. The van der Waals surface area contributed by atoms with Gasteiger partial charge in [-0.25, -0.2) is 0 Å². The maximum atomic E-state index is 9.99. The predicted molar refractivity (Wildman–Crippen MR) is 47.7 cm³/mol. The fraction of sp³-hybridized carbons (Fsp3) is 0.600. The molecule has 13 heavy (non-hydrogen) atoms. The van der Waals surface area contributed by atoms with Crippen LogP contribution in [0.1, 0.15) is 15.7 Å². The van der Waals surface area contributed by atoms with Crippen LogP contribution in [-0.4, -0.2) is 88.0 Å². The van der Waals surface area contributed by atoms with Crippen LogP contribution in [0.5, 0.6) is 0 Å². The van der Waals surface area contributed by atoms with E-state index in [9.17, 15) is 9.59 Å². The first kappa shape index (κ1) is 23.3. The molecule has 0 spiro atoms. The van der Waals surface area contributed by atoms with Crippen molar-refractivity contribution >= 4 is 60.8 Å². The maximum absolute atomic E-state index is 9.99. The van der Waals surface area contributed by atoms with Crippen LogP contribution in [0.2, 0.25) is 0 Å². The van der Waals surface area contributed by atoms with Crippen LogP contribution in [-0.2, 0) is 9.59 Å². The van der Waals surface area contributed by atoms with Gasteiger partial charge in [0, 0.05) is 6.42 Å². The van der Waals surface area contributed by atoms with Gasteiger partial charge >= 0.3 is 60.8 Å². The van der Waals surface area contributed by atoms with Crippen LogP contribution in [0.25, 0.3) is 0 Å². The first-order chi connectivity index (χ1) is 4.54. The van der Waals surface area contributed by atoms with E-state index in [2.05, 4.69) is 0 Å². The monoisotopic (exact) mass is 323 g/mol. The third-order valence-electron chi connectivity index (χ3n) is 0.986. The van der Waals surface area contributed by atoms with Gasteiger partial charge in [0.05, 0.1) is 0 Å². The molecule has 0 radical (unpaired) electrons. The summed E-state index contributed by atoms with van der Waals surface area (Å²) in [6.45, 7) is 0. The summed E-state index contributed by atoms with van der Waals surface area (Å²) in [5.74, 6) is -2.20. The molecule has 0 aromatic heterocycles. The van der Waals surface area contributed by atoms with E-state index >= 15 is 0 Å². The number of hydrogen-bond donors (Lipinski definition) is 3. The molecule has 0 saturated heterocycles. The van der Waals surface area contributed by atoms with Crippen molar-refractivity contribution in [1.29, 1.82) is 0 Å². The van der Waals surface area contributed by atoms with Crippen LogP contribution in [0.4, 0.5) is 0 Å². The molecular formula is C5H15BaNO6. The van der Waals surface area contributed by atoms with E-state index in [1.807, 2.05) is 0 Å². The Morgan fingerprint density at radius 1 is 1.31 bits per heavy atom. The zero-order valence-corrected chi connectivity index (χ0v) is 11.4. The first-order valence-corrected chi connectivity index (χ1v) is 2.74. The molecule has 0 aromatic rings. The number of carboxylic acid groups (broad SMARTS) is 2. The molecule has 0 fully saturated rings. The fourth-order valence-electron chi connectivity index (χ4n) is 0.402. The number of carbonyl (C=O) groups is 2. The number of rotatable bonds is 4. The molecule has 78 valence electrons. The second-order valence-corrected chi connectivity index (χ2v) is 1.88. The minimum Gasteiger partial charge on any atom is -1.00 e. The van der Waals surface area contributed by atoms with E-state index in [0.717, 1.165) is 0 Å². The summed E-state index contributed by atoms with van der Waals surface area (Å²) in [5, 5.41) is 16.3. The summed E-state index contributed by atoms with van der Waals surface area (Å²) in [7, 11) is 0. The van der Waals surface area contributed by atoms with Gasteiger partial charge in [0.2, 0.25) is 0 Å². The van der Waals surface area contributed by atoms with Gasteiger partial charge in [0.25, 0.3) is 0 Å². The summed E-state index contributed by atoms with van der Waals surface area (Å²) in [5.41, 5.74) is 5.00. The van der Waals surface area contributed by atoms with E-state index < -0.39 is 18.0 Å². The van der Waals surface area contributed by atoms with E-state index in [4.69, 9.17) is 15.9 Å². The van der Waals surface area contributed by atoms with Crippen LogP contribution in [0, 0.1) is 0 Å². The van der Waals surface area contributed by atoms with E-state index in [1.54, 1.807) is 0 Å². The van der Waals surface area contributed by atoms with Crippen LogP contribution < -0.4 is 5.73 Å². The van der Waals surface area contributed by atoms with Gasteiger partial charge in [0.1, 0.15) is 6.04 Å². The fourth-order valence-corrected chi connectivity index (χ4v) is 0.402. The van der Waals surface area contributed by atoms with Gasteiger partial charge in [-0.05, 0) is 6.42 Å². The van der Waals surface area contributed by atoms with Gasteiger partial charge in [-0.3, -0.25) is 9.59 Å². The Hall–Kier alpha value is 0.391. The zero-order chi connectivity index (χ0) is 8.15. The zero-order valence-electron chi connectivity index (χ0n) is 8.99. The molecule has 0 aliphatic carbocycles. The predicted octanol–water partition coefficient (Wildman–Crippen LogP) is -2.54. The second-order valence-electron chi connectivity index (χ2n) is 1.88. The number of aliphatic carboxylic acids is 2. The molecule has 1 atom stereocenters. The normalized spacial score (nSPS) is 9.62. The van der Waals surface area contributed by atoms with E-state index in [1.165, 1.54) is 0 Å². The van der Waals surface area contributed by atoms with Gasteiger partial charge in [-0.2, -0.15) is 0 Å². The molecule has 0 aliphatic heterocycles. The molecule has 0 unspecified atom stereocenters.